The SMILES string of the molecule is C[NH+]1CCN(S(=O)(=O)c2ccc(NS(=O)(=O)c3cccc(F)c3)cc2)CC1. The first-order valence-electron chi connectivity index (χ1n) is 8.38. The molecule has 0 aliphatic carbocycles. The predicted octanol–water partition coefficient (Wildman–Crippen LogP) is 0.146. The Kier molecular flexibility index (Phi) is 5.52. The predicted molar refractivity (Wildman–Crippen MR) is 99.0 cm³/mol. The third-order valence-electron chi connectivity index (χ3n) is 4.43. The molecule has 1 saturated heterocycles. The number of likely N-dealkylation sites (N-methyl/N-ethyl adjacent to an activating group) is 1. The lowest BCUT2D eigenvalue weighted by Crippen LogP contribution is -3.12. The van der Waals surface area contributed by atoms with Gasteiger partial charge in [-0.3, -0.25) is 4.72 Å². The van der Waals surface area contributed by atoms with E-state index in [1.165, 1.54) is 45.6 Å². The van der Waals surface area contributed by atoms with Gasteiger partial charge in [0.1, 0.15) is 5.82 Å². The highest BCUT2D eigenvalue weighted by Crippen LogP contribution is 2.21. The number of quaternary nitrogens is 1. The number of rotatable bonds is 5. The molecule has 0 atom stereocenters. The molecule has 1 fully saturated rings. The van der Waals surface area contributed by atoms with Crippen LogP contribution >= 0.6 is 0 Å². The molecule has 2 aromatic carbocycles. The topological polar surface area (TPSA) is 88.0 Å². The Hall–Kier alpha value is -2.01. The number of halogens is 1. The summed E-state index contributed by atoms with van der Waals surface area (Å²) in [5.41, 5.74) is 0.195. The molecule has 1 aliphatic rings. The average molecular weight is 415 g/mol. The molecule has 1 aliphatic heterocycles. The molecule has 1 heterocycles. The molecule has 2 aromatic rings. The first-order chi connectivity index (χ1) is 12.7. The van der Waals surface area contributed by atoms with Gasteiger partial charge in [0, 0.05) is 5.69 Å². The summed E-state index contributed by atoms with van der Waals surface area (Å²) in [4.78, 5) is 1.18. The van der Waals surface area contributed by atoms with Crippen molar-refractivity contribution in [1.29, 1.82) is 0 Å². The maximum atomic E-state index is 13.3. The van der Waals surface area contributed by atoms with Crippen molar-refractivity contribution in [2.45, 2.75) is 9.79 Å². The molecule has 10 heteroatoms. The molecule has 2 N–H and O–H groups in total. The molecule has 0 bridgehead atoms. The molecular weight excluding hydrogens is 393 g/mol. The molecule has 0 saturated carbocycles. The quantitative estimate of drug-likeness (QED) is 0.729. The summed E-state index contributed by atoms with van der Waals surface area (Å²) < 4.78 is 67.0. The van der Waals surface area contributed by atoms with Gasteiger partial charge in [-0.05, 0) is 42.5 Å². The van der Waals surface area contributed by atoms with E-state index in [4.69, 9.17) is 0 Å². The minimum Gasteiger partial charge on any atom is -0.335 e. The Morgan fingerprint density at radius 1 is 0.963 bits per heavy atom. The van der Waals surface area contributed by atoms with Crippen molar-refractivity contribution in [2.75, 3.05) is 37.9 Å². The lowest BCUT2D eigenvalue weighted by atomic mass is 10.3. The van der Waals surface area contributed by atoms with Gasteiger partial charge in [-0.1, -0.05) is 6.07 Å². The summed E-state index contributed by atoms with van der Waals surface area (Å²) in [6.07, 6.45) is 0. The summed E-state index contributed by atoms with van der Waals surface area (Å²) in [6, 6.07) is 10.1. The van der Waals surface area contributed by atoms with Crippen molar-refractivity contribution in [3.05, 3.63) is 54.3 Å². The van der Waals surface area contributed by atoms with E-state index in [9.17, 15) is 21.2 Å². The fourth-order valence-corrected chi connectivity index (χ4v) is 5.33. The number of nitrogens with one attached hydrogen (secondary N) is 2. The van der Waals surface area contributed by atoms with E-state index in [0.717, 1.165) is 25.2 Å². The van der Waals surface area contributed by atoms with Crippen LogP contribution in [0.25, 0.3) is 0 Å². The fourth-order valence-electron chi connectivity index (χ4n) is 2.80. The minimum absolute atomic E-state index is 0.107. The molecule has 0 aromatic heterocycles. The van der Waals surface area contributed by atoms with Crippen molar-refractivity contribution in [3.63, 3.8) is 0 Å². The Balaban J connectivity index is 1.77. The Morgan fingerprint density at radius 2 is 1.59 bits per heavy atom. The highest BCUT2D eigenvalue weighted by atomic mass is 32.2. The van der Waals surface area contributed by atoms with Gasteiger partial charge in [0.2, 0.25) is 10.0 Å². The van der Waals surface area contributed by atoms with Gasteiger partial charge in [-0.15, -0.1) is 0 Å². The lowest BCUT2D eigenvalue weighted by Gasteiger charge is -2.29. The summed E-state index contributed by atoms with van der Waals surface area (Å²) >= 11 is 0. The van der Waals surface area contributed by atoms with Crippen molar-refractivity contribution in [1.82, 2.24) is 4.31 Å². The second-order valence-corrected chi connectivity index (χ2v) is 10.1. The van der Waals surface area contributed by atoms with Crippen LogP contribution in [0.15, 0.2) is 58.3 Å². The van der Waals surface area contributed by atoms with Gasteiger partial charge in [0.05, 0.1) is 43.0 Å². The highest BCUT2D eigenvalue weighted by molar-refractivity contribution is 7.92. The number of benzene rings is 2. The van der Waals surface area contributed by atoms with Gasteiger partial charge < -0.3 is 4.90 Å². The molecule has 3 rings (SSSR count). The van der Waals surface area contributed by atoms with Gasteiger partial charge >= 0.3 is 0 Å². The van der Waals surface area contributed by atoms with Crippen LogP contribution in [0.4, 0.5) is 10.1 Å². The molecule has 7 nitrogen and oxygen atoms in total. The molecule has 146 valence electrons. The third-order valence-corrected chi connectivity index (χ3v) is 7.72. The van der Waals surface area contributed by atoms with Crippen molar-refractivity contribution in [3.8, 4) is 0 Å². The Morgan fingerprint density at radius 3 is 2.19 bits per heavy atom. The molecule has 0 radical (unpaired) electrons. The van der Waals surface area contributed by atoms with E-state index < -0.39 is 25.9 Å². The van der Waals surface area contributed by atoms with Crippen molar-refractivity contribution in [2.24, 2.45) is 0 Å². The maximum Gasteiger partial charge on any atom is 0.261 e. The largest absolute Gasteiger partial charge is 0.335 e. The fraction of sp³-hybridized carbons (Fsp3) is 0.294. The van der Waals surface area contributed by atoms with Crippen LogP contribution in [0.3, 0.4) is 0 Å². The number of sulfonamides is 2. The van der Waals surface area contributed by atoms with Crippen molar-refractivity contribution >= 4 is 25.7 Å². The number of hydrogen-bond donors (Lipinski definition) is 2. The number of anilines is 1. The van der Waals surface area contributed by atoms with Gasteiger partial charge in [0.25, 0.3) is 10.0 Å². The summed E-state index contributed by atoms with van der Waals surface area (Å²) in [7, 11) is -5.56. The average Bonchev–Trinajstić information content (AvgIpc) is 2.62. The zero-order valence-electron chi connectivity index (χ0n) is 14.7. The normalized spacial score (nSPS) is 17.0. The van der Waals surface area contributed by atoms with Crippen molar-refractivity contribution < 1.29 is 26.1 Å². The monoisotopic (exact) mass is 414 g/mol. The minimum atomic E-state index is -3.96. The number of nitrogens with zero attached hydrogens (tertiary/aromatic N) is 1. The molecular formula is C17H21FN3O4S2+. The second-order valence-electron chi connectivity index (χ2n) is 6.45. The third kappa shape index (κ3) is 4.46. The number of hydrogen-bond acceptors (Lipinski definition) is 4. The van der Waals surface area contributed by atoms with Crippen LogP contribution in [0.2, 0.25) is 0 Å². The van der Waals surface area contributed by atoms with E-state index in [-0.39, 0.29) is 15.5 Å². The first kappa shape index (κ1) is 19.7. The van der Waals surface area contributed by atoms with Crippen LogP contribution in [0.1, 0.15) is 0 Å². The number of piperazine rings is 1. The molecule has 0 amide bonds. The van der Waals surface area contributed by atoms with Gasteiger partial charge in [0.15, 0.2) is 0 Å². The summed E-state index contributed by atoms with van der Waals surface area (Å²) in [6.45, 7) is 2.37. The van der Waals surface area contributed by atoms with Gasteiger partial charge in [-0.2, -0.15) is 4.31 Å². The lowest BCUT2D eigenvalue weighted by molar-refractivity contribution is -0.883. The smallest absolute Gasteiger partial charge is 0.261 e. The molecule has 0 unspecified atom stereocenters. The van der Waals surface area contributed by atoms with Gasteiger partial charge in [-0.25, -0.2) is 21.2 Å². The van der Waals surface area contributed by atoms with E-state index in [1.807, 2.05) is 7.05 Å². The van der Waals surface area contributed by atoms with Crippen LogP contribution in [-0.2, 0) is 20.0 Å². The van der Waals surface area contributed by atoms with Crippen LogP contribution in [0.5, 0.6) is 0 Å². The zero-order chi connectivity index (χ0) is 19.7. The van der Waals surface area contributed by atoms with E-state index >= 15 is 0 Å². The van der Waals surface area contributed by atoms with E-state index in [0.29, 0.717) is 13.1 Å². The maximum absolute atomic E-state index is 13.3. The second kappa shape index (κ2) is 7.55. The standard InChI is InChI=1S/C17H20FN3O4S2/c1-20-9-11-21(12-10-20)27(24,25)16-7-5-15(6-8-16)19-26(22,23)17-4-2-3-14(18)13-17/h2-8,13,19H,9-12H2,1H3/p+1. The molecule has 27 heavy (non-hydrogen) atoms. The summed E-state index contributed by atoms with van der Waals surface area (Å²) in [5, 5.41) is 0. The summed E-state index contributed by atoms with van der Waals surface area (Å²) in [5.74, 6) is -0.659. The van der Waals surface area contributed by atoms with E-state index in [1.54, 1.807) is 0 Å². The zero-order valence-corrected chi connectivity index (χ0v) is 16.4. The highest BCUT2D eigenvalue weighted by Gasteiger charge is 2.29. The van der Waals surface area contributed by atoms with Crippen LogP contribution < -0.4 is 9.62 Å². The Labute approximate surface area is 158 Å². The first-order valence-corrected chi connectivity index (χ1v) is 11.3. The van der Waals surface area contributed by atoms with Crippen LogP contribution in [-0.4, -0.2) is 54.4 Å². The molecule has 0 spiro atoms. The van der Waals surface area contributed by atoms with Crippen LogP contribution in [0, 0.1) is 5.82 Å². The van der Waals surface area contributed by atoms with E-state index in [2.05, 4.69) is 4.72 Å². The Bertz CT molecular complexity index is 1020.